The van der Waals surface area contributed by atoms with E-state index in [0.29, 0.717) is 0 Å². The lowest BCUT2D eigenvalue weighted by Crippen LogP contribution is -2.16. The minimum atomic E-state index is -0.133. The third-order valence-electron chi connectivity index (χ3n) is 15.1. The Morgan fingerprint density at radius 1 is 0.324 bits per heavy atom. The fourth-order valence-corrected chi connectivity index (χ4v) is 11.9. The second-order valence-electron chi connectivity index (χ2n) is 19.6. The molecule has 1 aromatic heterocycles. The van der Waals surface area contributed by atoms with Gasteiger partial charge in [0.15, 0.2) is 0 Å². The highest BCUT2D eigenvalue weighted by atomic mass is 16.3. The first-order chi connectivity index (χ1) is 33.3. The molecule has 2 nitrogen and oxygen atoms in total. The smallest absolute Gasteiger partial charge is 0.136 e. The maximum atomic E-state index is 6.47. The summed E-state index contributed by atoms with van der Waals surface area (Å²) >= 11 is 0. The van der Waals surface area contributed by atoms with Crippen molar-refractivity contribution < 1.29 is 4.42 Å². The first-order valence-electron chi connectivity index (χ1n) is 23.8. The lowest BCUT2D eigenvalue weighted by Gasteiger charge is -2.30. The molecular weight excluding hydrogens is 823 g/mol. The molecule has 0 N–H and O–H groups in total. The lowest BCUT2D eigenvalue weighted by atomic mass is 9.78. The van der Waals surface area contributed by atoms with Gasteiger partial charge in [-0.05, 0) is 120 Å². The van der Waals surface area contributed by atoms with Crippen molar-refractivity contribution in [2.75, 3.05) is 4.90 Å². The summed E-state index contributed by atoms with van der Waals surface area (Å²) in [6.07, 6.45) is 0. The van der Waals surface area contributed by atoms with E-state index in [0.717, 1.165) is 50.1 Å². The minimum absolute atomic E-state index is 0.124. The van der Waals surface area contributed by atoms with E-state index in [1.54, 1.807) is 0 Å². The van der Waals surface area contributed by atoms with Crippen molar-refractivity contribution in [1.82, 2.24) is 0 Å². The summed E-state index contributed by atoms with van der Waals surface area (Å²) in [7, 11) is 0. The molecule has 0 radical (unpaired) electrons. The highest BCUT2D eigenvalue weighted by Crippen LogP contribution is 2.54. The van der Waals surface area contributed by atoms with Crippen LogP contribution in [0, 0.1) is 0 Å². The van der Waals surface area contributed by atoms with Crippen LogP contribution < -0.4 is 4.90 Å². The van der Waals surface area contributed by atoms with Crippen LogP contribution in [0.3, 0.4) is 0 Å². The van der Waals surface area contributed by atoms with E-state index in [2.05, 4.69) is 251 Å². The SMILES string of the molecule is CC1(C)c2ccccc2-c2ccc(-c3ccccc3N(c3ccc(-c4ccccc4-c4cccc5c4C(C)(C)c4ccccc4-5)cc3)c3ccccc3-c3cccc4oc5ccccc5c34)cc21. The third-order valence-corrected chi connectivity index (χ3v) is 15.1. The monoisotopic (exact) mass is 871 g/mol. The van der Waals surface area contributed by atoms with Crippen molar-refractivity contribution in [3.63, 3.8) is 0 Å². The van der Waals surface area contributed by atoms with Crippen molar-refractivity contribution >= 4 is 39.0 Å². The van der Waals surface area contributed by atoms with Gasteiger partial charge in [0.2, 0.25) is 0 Å². The van der Waals surface area contributed by atoms with E-state index in [4.69, 9.17) is 4.42 Å². The van der Waals surface area contributed by atoms with Crippen LogP contribution in [-0.2, 0) is 10.8 Å². The van der Waals surface area contributed by atoms with Crippen molar-refractivity contribution in [3.8, 4) is 66.8 Å². The average Bonchev–Trinajstić information content (AvgIpc) is 3.97. The van der Waals surface area contributed by atoms with Gasteiger partial charge in [0.25, 0.3) is 0 Å². The number of para-hydroxylation sites is 3. The third kappa shape index (κ3) is 5.97. The van der Waals surface area contributed by atoms with E-state index >= 15 is 0 Å². The fraction of sp³-hybridized carbons (Fsp3) is 0.0909. The zero-order chi connectivity index (χ0) is 45.7. The first kappa shape index (κ1) is 40.1. The van der Waals surface area contributed by atoms with E-state index in [1.165, 1.54) is 77.9 Å². The van der Waals surface area contributed by atoms with Crippen LogP contribution in [0.2, 0.25) is 0 Å². The molecule has 0 amide bonds. The molecule has 68 heavy (non-hydrogen) atoms. The molecule has 0 atom stereocenters. The van der Waals surface area contributed by atoms with Gasteiger partial charge < -0.3 is 9.32 Å². The molecule has 0 fully saturated rings. The van der Waals surface area contributed by atoms with Crippen molar-refractivity contribution in [2.45, 2.75) is 38.5 Å². The molecule has 0 unspecified atom stereocenters. The largest absolute Gasteiger partial charge is 0.456 e. The van der Waals surface area contributed by atoms with Crippen molar-refractivity contribution in [2.24, 2.45) is 0 Å². The average molecular weight is 872 g/mol. The van der Waals surface area contributed by atoms with Crippen LogP contribution >= 0.6 is 0 Å². The maximum Gasteiger partial charge on any atom is 0.136 e. The van der Waals surface area contributed by atoms with Crippen molar-refractivity contribution in [3.05, 3.63) is 247 Å². The number of hydrogen-bond acceptors (Lipinski definition) is 2. The summed E-state index contributed by atoms with van der Waals surface area (Å²) in [5.41, 5.74) is 25.1. The minimum Gasteiger partial charge on any atom is -0.456 e. The Morgan fingerprint density at radius 3 is 1.56 bits per heavy atom. The zero-order valence-corrected chi connectivity index (χ0v) is 38.7. The second-order valence-corrected chi connectivity index (χ2v) is 19.6. The normalized spacial score (nSPS) is 13.8. The topological polar surface area (TPSA) is 16.4 Å². The number of anilines is 3. The number of hydrogen-bond donors (Lipinski definition) is 0. The summed E-state index contributed by atoms with van der Waals surface area (Å²) < 4.78 is 6.47. The predicted octanol–water partition coefficient (Wildman–Crippen LogP) is 18.3. The molecule has 10 aromatic carbocycles. The molecule has 0 aliphatic heterocycles. The number of rotatable bonds is 7. The molecule has 1 heterocycles. The maximum absolute atomic E-state index is 6.47. The molecule has 0 bridgehead atoms. The van der Waals surface area contributed by atoms with Crippen LogP contribution in [0.4, 0.5) is 17.1 Å². The molecule has 2 aliphatic carbocycles. The van der Waals surface area contributed by atoms with Gasteiger partial charge in [0.1, 0.15) is 11.2 Å². The fourth-order valence-electron chi connectivity index (χ4n) is 11.9. The van der Waals surface area contributed by atoms with Gasteiger partial charge in [-0.15, -0.1) is 0 Å². The highest BCUT2D eigenvalue weighted by Gasteiger charge is 2.38. The number of nitrogens with zero attached hydrogens (tertiary/aromatic N) is 1. The summed E-state index contributed by atoms with van der Waals surface area (Å²) in [5.74, 6) is 0. The Kier molecular flexibility index (Phi) is 8.95. The molecule has 13 rings (SSSR count). The molecule has 0 spiro atoms. The van der Waals surface area contributed by atoms with E-state index in [1.807, 2.05) is 6.07 Å². The summed E-state index contributed by atoms with van der Waals surface area (Å²) in [4.78, 5) is 2.47. The van der Waals surface area contributed by atoms with Gasteiger partial charge in [0.05, 0.1) is 11.4 Å². The predicted molar refractivity (Wildman–Crippen MR) is 285 cm³/mol. The van der Waals surface area contributed by atoms with Crippen LogP contribution in [-0.4, -0.2) is 0 Å². The number of benzene rings is 10. The van der Waals surface area contributed by atoms with Crippen LogP contribution in [0.1, 0.15) is 49.9 Å². The van der Waals surface area contributed by atoms with Crippen molar-refractivity contribution in [1.29, 1.82) is 0 Å². The standard InChI is InChI=1S/C66H49NO/c1-65(2)56-29-12-7-22-48(56)50-40-37-43(41-58(50)65)46-20-9-14-31-59(46)67(60-32-15-10-24-51(60)52-26-18-34-62-63(52)55-25-11-16-33-61(55)68-62)44-38-35-42(36-39-44)45-19-5-6-21-47(45)53-27-17-28-54-49-23-8-13-30-57(49)66(3,4)64(53)54/h5-41H,1-4H3. The molecule has 11 aromatic rings. The quantitative estimate of drug-likeness (QED) is 0.159. The Morgan fingerprint density at radius 2 is 0.809 bits per heavy atom. The van der Waals surface area contributed by atoms with Gasteiger partial charge in [-0.1, -0.05) is 210 Å². The van der Waals surface area contributed by atoms with Gasteiger partial charge in [-0.3, -0.25) is 0 Å². The van der Waals surface area contributed by atoms with E-state index in [9.17, 15) is 0 Å². The zero-order valence-electron chi connectivity index (χ0n) is 38.7. The Hall–Kier alpha value is -8.20. The highest BCUT2D eigenvalue weighted by molar-refractivity contribution is 6.14. The number of fused-ring (bicyclic) bond motifs is 9. The van der Waals surface area contributed by atoms with E-state index < -0.39 is 0 Å². The Bertz CT molecular complexity index is 3810. The second kappa shape index (κ2) is 15.2. The van der Waals surface area contributed by atoms with Crippen LogP contribution in [0.5, 0.6) is 0 Å². The Labute approximate surface area is 398 Å². The van der Waals surface area contributed by atoms with Gasteiger partial charge in [-0.2, -0.15) is 0 Å². The molecule has 0 saturated heterocycles. The van der Waals surface area contributed by atoms with Crippen LogP contribution in [0.15, 0.2) is 229 Å². The molecule has 324 valence electrons. The number of furan rings is 1. The van der Waals surface area contributed by atoms with E-state index in [-0.39, 0.29) is 10.8 Å². The van der Waals surface area contributed by atoms with Gasteiger partial charge in [-0.25, -0.2) is 0 Å². The molecule has 0 saturated carbocycles. The van der Waals surface area contributed by atoms with Gasteiger partial charge in [0, 0.05) is 38.4 Å². The first-order valence-corrected chi connectivity index (χ1v) is 23.8. The van der Waals surface area contributed by atoms with Gasteiger partial charge >= 0.3 is 0 Å². The summed E-state index contributed by atoms with van der Waals surface area (Å²) in [6, 6.07) is 82.5. The molecule has 2 heteroatoms. The molecular formula is C66H49NO. The van der Waals surface area contributed by atoms with Crippen LogP contribution in [0.25, 0.3) is 88.7 Å². The lowest BCUT2D eigenvalue weighted by molar-refractivity contribution is 0.660. The summed E-state index contributed by atoms with van der Waals surface area (Å²) in [5, 5.41) is 2.23. The summed E-state index contributed by atoms with van der Waals surface area (Å²) in [6.45, 7) is 9.48. The molecule has 2 aliphatic rings. The Balaban J connectivity index is 0.991.